The molecule has 0 N–H and O–H groups in total. The van der Waals surface area contributed by atoms with Gasteiger partial charge < -0.3 is 9.47 Å². The molecule has 0 spiro atoms. The van der Waals surface area contributed by atoms with E-state index in [9.17, 15) is 9.59 Å². The van der Waals surface area contributed by atoms with Crippen molar-refractivity contribution in [3.63, 3.8) is 0 Å². The van der Waals surface area contributed by atoms with Crippen molar-refractivity contribution >= 4 is 22.8 Å². The smallest absolute Gasteiger partial charge is 0.340 e. The number of esters is 2. The van der Waals surface area contributed by atoms with E-state index in [2.05, 4.69) is 4.90 Å². The van der Waals surface area contributed by atoms with Crippen molar-refractivity contribution in [2.24, 2.45) is 5.92 Å². The van der Waals surface area contributed by atoms with E-state index in [4.69, 9.17) is 14.5 Å². The van der Waals surface area contributed by atoms with E-state index < -0.39 is 0 Å². The van der Waals surface area contributed by atoms with Crippen molar-refractivity contribution in [2.75, 3.05) is 26.8 Å². The lowest BCUT2D eigenvalue weighted by atomic mass is 9.93. The van der Waals surface area contributed by atoms with Crippen LogP contribution in [0, 0.1) is 5.92 Å². The van der Waals surface area contributed by atoms with E-state index in [1.54, 1.807) is 0 Å². The molecule has 0 atom stereocenters. The summed E-state index contributed by atoms with van der Waals surface area (Å²) in [5.74, 6) is -0.568. The molecule has 166 valence electrons. The third-order valence-electron chi connectivity index (χ3n) is 6.00. The monoisotopic (exact) mass is 432 g/mol. The predicted octanol–water partition coefficient (Wildman–Crippen LogP) is 4.46. The molecule has 2 heterocycles. The molecule has 0 amide bonds. The molecule has 32 heavy (non-hydrogen) atoms. The molecule has 0 bridgehead atoms. The van der Waals surface area contributed by atoms with Crippen molar-refractivity contribution in [2.45, 2.75) is 26.3 Å². The molecule has 1 aliphatic heterocycles. The lowest BCUT2D eigenvalue weighted by molar-refractivity contribution is -0.147. The van der Waals surface area contributed by atoms with Gasteiger partial charge in [0, 0.05) is 17.5 Å². The third-order valence-corrected chi connectivity index (χ3v) is 6.00. The molecule has 1 saturated heterocycles. The highest BCUT2D eigenvalue weighted by Crippen LogP contribution is 2.34. The molecule has 0 saturated carbocycles. The molecule has 1 aromatic heterocycles. The quantitative estimate of drug-likeness (QED) is 0.536. The number of benzene rings is 2. The van der Waals surface area contributed by atoms with E-state index in [0.29, 0.717) is 24.4 Å². The van der Waals surface area contributed by atoms with Crippen LogP contribution in [-0.2, 0) is 20.8 Å². The van der Waals surface area contributed by atoms with E-state index >= 15 is 0 Å². The second kappa shape index (κ2) is 9.92. The summed E-state index contributed by atoms with van der Waals surface area (Å²) in [5.41, 5.74) is 3.89. The number of carbonyl (C=O) groups excluding carboxylic acids is 2. The minimum absolute atomic E-state index is 0.0646. The Morgan fingerprint density at radius 2 is 1.72 bits per heavy atom. The van der Waals surface area contributed by atoms with Gasteiger partial charge in [0.2, 0.25) is 0 Å². The Morgan fingerprint density at radius 3 is 2.41 bits per heavy atom. The van der Waals surface area contributed by atoms with Gasteiger partial charge in [0.05, 0.1) is 36.4 Å². The maximum absolute atomic E-state index is 13.2. The molecule has 1 fully saturated rings. The summed E-state index contributed by atoms with van der Waals surface area (Å²) in [4.78, 5) is 32.2. The van der Waals surface area contributed by atoms with Gasteiger partial charge in [-0.25, -0.2) is 4.79 Å². The highest BCUT2D eigenvalue weighted by Gasteiger charge is 2.28. The summed E-state index contributed by atoms with van der Waals surface area (Å²) in [6.07, 6.45) is 1.47. The Morgan fingerprint density at radius 1 is 1.03 bits per heavy atom. The van der Waals surface area contributed by atoms with E-state index in [0.717, 1.165) is 48.0 Å². The largest absolute Gasteiger partial charge is 0.469 e. The van der Waals surface area contributed by atoms with E-state index in [-0.39, 0.29) is 17.9 Å². The van der Waals surface area contributed by atoms with Crippen LogP contribution in [0.25, 0.3) is 22.0 Å². The Balaban J connectivity index is 1.77. The van der Waals surface area contributed by atoms with Gasteiger partial charge in [0.15, 0.2) is 0 Å². The van der Waals surface area contributed by atoms with Crippen LogP contribution < -0.4 is 0 Å². The molecule has 0 radical (unpaired) electrons. The normalized spacial score (nSPS) is 14.9. The summed E-state index contributed by atoms with van der Waals surface area (Å²) in [6.45, 7) is 4.12. The number of pyridine rings is 1. The third kappa shape index (κ3) is 4.50. The van der Waals surface area contributed by atoms with Gasteiger partial charge in [-0.3, -0.25) is 14.7 Å². The topological polar surface area (TPSA) is 68.7 Å². The number of nitrogens with zero attached hydrogens (tertiary/aromatic N) is 2. The number of carbonyl (C=O) groups is 2. The zero-order valence-electron chi connectivity index (χ0n) is 18.5. The molecule has 2 aromatic carbocycles. The van der Waals surface area contributed by atoms with Crippen molar-refractivity contribution in [3.8, 4) is 11.1 Å². The summed E-state index contributed by atoms with van der Waals surface area (Å²) in [7, 11) is 1.43. The average Bonchev–Trinajstić information content (AvgIpc) is 2.84. The van der Waals surface area contributed by atoms with Gasteiger partial charge in [-0.15, -0.1) is 0 Å². The Labute approximate surface area is 188 Å². The number of fused-ring (bicyclic) bond motifs is 1. The summed E-state index contributed by atoms with van der Waals surface area (Å²) < 4.78 is 10.4. The minimum atomic E-state index is -0.357. The number of rotatable bonds is 6. The summed E-state index contributed by atoms with van der Waals surface area (Å²) >= 11 is 0. The van der Waals surface area contributed by atoms with Crippen molar-refractivity contribution < 1.29 is 19.1 Å². The van der Waals surface area contributed by atoms with Crippen LogP contribution >= 0.6 is 0 Å². The molecule has 4 rings (SSSR count). The van der Waals surface area contributed by atoms with Gasteiger partial charge in [0.1, 0.15) is 0 Å². The van der Waals surface area contributed by atoms with Crippen LogP contribution in [0.5, 0.6) is 0 Å². The average molecular weight is 433 g/mol. The van der Waals surface area contributed by atoms with Crippen LogP contribution in [0.2, 0.25) is 0 Å². The highest BCUT2D eigenvalue weighted by atomic mass is 16.5. The van der Waals surface area contributed by atoms with Crippen molar-refractivity contribution in [1.82, 2.24) is 9.88 Å². The number of hydrogen-bond donors (Lipinski definition) is 0. The fraction of sp³-hybridized carbons (Fsp3) is 0.346. The zero-order chi connectivity index (χ0) is 22.5. The molecular weight excluding hydrogens is 404 g/mol. The number of hydrogen-bond acceptors (Lipinski definition) is 6. The fourth-order valence-electron chi connectivity index (χ4n) is 4.41. The molecule has 0 aliphatic carbocycles. The number of ether oxygens (including phenoxy) is 2. The van der Waals surface area contributed by atoms with E-state index in [1.165, 1.54) is 7.11 Å². The molecule has 1 aliphatic rings. The SMILES string of the molecule is CCOC(=O)c1c(CN2CCC(C(=O)OC)CC2)nc2ccccc2c1-c1ccccc1. The Bertz CT molecular complexity index is 1110. The first-order chi connectivity index (χ1) is 15.6. The van der Waals surface area contributed by atoms with Crippen LogP contribution in [0.1, 0.15) is 35.8 Å². The highest BCUT2D eigenvalue weighted by molar-refractivity contribution is 6.07. The van der Waals surface area contributed by atoms with Crippen LogP contribution in [0.3, 0.4) is 0 Å². The predicted molar refractivity (Wildman–Crippen MR) is 123 cm³/mol. The fourth-order valence-corrected chi connectivity index (χ4v) is 4.41. The van der Waals surface area contributed by atoms with Crippen molar-refractivity contribution in [1.29, 1.82) is 0 Å². The Kier molecular flexibility index (Phi) is 6.81. The van der Waals surface area contributed by atoms with Crippen LogP contribution in [-0.4, -0.2) is 48.6 Å². The molecule has 3 aromatic rings. The van der Waals surface area contributed by atoms with Gasteiger partial charge >= 0.3 is 11.9 Å². The summed E-state index contributed by atoms with van der Waals surface area (Å²) in [5, 5.41) is 0.926. The van der Waals surface area contributed by atoms with Crippen molar-refractivity contribution in [3.05, 3.63) is 65.9 Å². The molecular formula is C26H28N2O4. The van der Waals surface area contributed by atoms with Gasteiger partial charge in [-0.05, 0) is 44.5 Å². The summed E-state index contributed by atoms with van der Waals surface area (Å²) in [6, 6.07) is 17.8. The maximum atomic E-state index is 13.2. The number of para-hydroxylation sites is 1. The number of aromatic nitrogens is 1. The standard InChI is InChI=1S/C26H28N2O4/c1-3-32-26(30)24-22(17-28-15-13-19(14-16-28)25(29)31-2)27-21-12-8-7-11-20(21)23(24)18-9-5-4-6-10-18/h4-12,19H,3,13-17H2,1-2H3. The van der Waals surface area contributed by atoms with Crippen LogP contribution in [0.4, 0.5) is 0 Å². The zero-order valence-corrected chi connectivity index (χ0v) is 18.5. The first-order valence-electron chi connectivity index (χ1n) is 11.1. The number of methoxy groups -OCH3 is 1. The van der Waals surface area contributed by atoms with Gasteiger partial charge in [-0.1, -0.05) is 48.5 Å². The Hall–Kier alpha value is -3.25. The second-order valence-electron chi connectivity index (χ2n) is 7.99. The number of piperidine rings is 1. The first-order valence-corrected chi connectivity index (χ1v) is 11.1. The van der Waals surface area contributed by atoms with Crippen LogP contribution in [0.15, 0.2) is 54.6 Å². The molecule has 0 unspecified atom stereocenters. The minimum Gasteiger partial charge on any atom is -0.469 e. The maximum Gasteiger partial charge on any atom is 0.340 e. The second-order valence-corrected chi connectivity index (χ2v) is 7.99. The van der Waals surface area contributed by atoms with Gasteiger partial charge in [-0.2, -0.15) is 0 Å². The van der Waals surface area contributed by atoms with E-state index in [1.807, 2.05) is 61.5 Å². The first kappa shape index (κ1) is 22.0. The molecule has 6 heteroatoms. The lowest BCUT2D eigenvalue weighted by Gasteiger charge is -2.31. The molecule has 6 nitrogen and oxygen atoms in total. The number of likely N-dealkylation sites (tertiary alicyclic amines) is 1. The van der Waals surface area contributed by atoms with Gasteiger partial charge in [0.25, 0.3) is 0 Å². The lowest BCUT2D eigenvalue weighted by Crippen LogP contribution is -2.37.